The lowest BCUT2D eigenvalue weighted by Crippen LogP contribution is -2.46. The van der Waals surface area contributed by atoms with Crippen LogP contribution in [-0.2, 0) is 13.5 Å². The van der Waals surface area contributed by atoms with Crippen LogP contribution in [0.1, 0.15) is 42.6 Å². The zero-order valence-electron chi connectivity index (χ0n) is 20.0. The Balaban J connectivity index is 1.42. The van der Waals surface area contributed by atoms with E-state index >= 15 is 0 Å². The first-order chi connectivity index (χ1) is 17.7. The number of aryl methyl sites for hydroxylation is 2. The van der Waals surface area contributed by atoms with Crippen LogP contribution in [0.15, 0.2) is 65.2 Å². The van der Waals surface area contributed by atoms with Gasteiger partial charge in [0.05, 0.1) is 34.1 Å². The highest BCUT2D eigenvalue weighted by Crippen LogP contribution is 2.32. The van der Waals surface area contributed by atoms with Gasteiger partial charge in [0.1, 0.15) is 11.6 Å². The number of carbonyl (C=O) groups excluding carboxylic acids is 3. The maximum atomic E-state index is 13.9. The van der Waals surface area contributed by atoms with E-state index in [0.29, 0.717) is 38.7 Å². The maximum absolute atomic E-state index is 13.9. The average Bonchev–Trinajstić information content (AvgIpc) is 3.48. The van der Waals surface area contributed by atoms with Crippen molar-refractivity contribution in [1.82, 2.24) is 20.0 Å². The molecule has 3 heterocycles. The van der Waals surface area contributed by atoms with Crippen molar-refractivity contribution in [2.45, 2.75) is 19.4 Å². The molecule has 0 aliphatic carbocycles. The van der Waals surface area contributed by atoms with Crippen molar-refractivity contribution in [3.05, 3.63) is 99.8 Å². The number of nitrogens with one attached hydrogen (secondary N) is 1. The molecule has 10 heteroatoms. The molecule has 8 nitrogen and oxygen atoms in total. The fourth-order valence-electron chi connectivity index (χ4n) is 4.53. The van der Waals surface area contributed by atoms with Crippen molar-refractivity contribution in [2.24, 2.45) is 7.05 Å². The van der Waals surface area contributed by atoms with Crippen LogP contribution in [-0.4, -0.2) is 45.0 Å². The molecule has 0 fully saturated rings. The molecule has 2 aromatic carbocycles. The molecule has 0 bridgehead atoms. The monoisotopic (exact) mass is 520 g/mol. The number of imide groups is 1. The van der Waals surface area contributed by atoms with Crippen molar-refractivity contribution in [2.75, 3.05) is 6.54 Å². The number of hydrogen-bond acceptors (Lipinski definition) is 5. The number of amides is 3. The van der Waals surface area contributed by atoms with Gasteiger partial charge in [-0.05, 0) is 49.2 Å². The summed E-state index contributed by atoms with van der Waals surface area (Å²) in [4.78, 5) is 40.2. The minimum atomic E-state index is -0.717. The number of fused-ring (bicyclic) bond motifs is 1. The van der Waals surface area contributed by atoms with Crippen molar-refractivity contribution >= 4 is 29.3 Å². The summed E-state index contributed by atoms with van der Waals surface area (Å²) in [6.45, 7) is 1.60. The van der Waals surface area contributed by atoms with E-state index in [1.165, 1.54) is 18.3 Å². The van der Waals surface area contributed by atoms with Gasteiger partial charge in [-0.1, -0.05) is 35.9 Å². The zero-order valence-corrected chi connectivity index (χ0v) is 20.8. The summed E-state index contributed by atoms with van der Waals surface area (Å²) in [5.74, 6) is -1.37. The number of rotatable bonds is 7. The molecule has 0 radical (unpaired) electrons. The molecule has 5 rings (SSSR count). The van der Waals surface area contributed by atoms with Crippen molar-refractivity contribution < 1.29 is 23.2 Å². The van der Waals surface area contributed by atoms with Gasteiger partial charge in [-0.25, -0.2) is 4.39 Å². The van der Waals surface area contributed by atoms with Crippen LogP contribution in [0.4, 0.5) is 4.39 Å². The van der Waals surface area contributed by atoms with Gasteiger partial charge < -0.3 is 9.73 Å². The van der Waals surface area contributed by atoms with Gasteiger partial charge in [0.2, 0.25) is 0 Å². The second kappa shape index (κ2) is 9.67. The highest BCUT2D eigenvalue weighted by Gasteiger charge is 2.37. The lowest BCUT2D eigenvalue weighted by atomic mass is 10.0. The Morgan fingerprint density at radius 2 is 1.78 bits per heavy atom. The number of hydrogen-bond donors (Lipinski definition) is 1. The number of halogens is 2. The molecule has 0 unspecified atom stereocenters. The van der Waals surface area contributed by atoms with Gasteiger partial charge in [-0.15, -0.1) is 0 Å². The molecule has 0 spiro atoms. The first kappa shape index (κ1) is 24.5. The van der Waals surface area contributed by atoms with Gasteiger partial charge in [0.15, 0.2) is 5.76 Å². The van der Waals surface area contributed by atoms with E-state index in [0.717, 1.165) is 4.90 Å². The first-order valence-corrected chi connectivity index (χ1v) is 11.9. The highest BCUT2D eigenvalue weighted by atomic mass is 35.5. The van der Waals surface area contributed by atoms with E-state index < -0.39 is 29.6 Å². The van der Waals surface area contributed by atoms with Gasteiger partial charge >= 0.3 is 0 Å². The molecular formula is C27H22ClFN4O4. The van der Waals surface area contributed by atoms with Crippen molar-refractivity contribution in [1.29, 1.82) is 0 Å². The molecule has 1 N–H and O–H groups in total. The number of benzene rings is 2. The van der Waals surface area contributed by atoms with Gasteiger partial charge in [-0.3, -0.25) is 24.0 Å². The number of furan rings is 1. The molecule has 1 atom stereocenters. The molecule has 1 aliphatic heterocycles. The highest BCUT2D eigenvalue weighted by molar-refractivity contribution is 6.33. The Hall–Kier alpha value is -4.24. The van der Waals surface area contributed by atoms with Crippen LogP contribution in [0, 0.1) is 12.7 Å². The Bertz CT molecular complexity index is 1490. The molecule has 3 amide bonds. The number of nitrogens with zero attached hydrogens (tertiary/aromatic N) is 3. The van der Waals surface area contributed by atoms with E-state index in [4.69, 9.17) is 16.0 Å². The third-order valence-electron chi connectivity index (χ3n) is 6.28. The van der Waals surface area contributed by atoms with Crippen LogP contribution in [0.5, 0.6) is 0 Å². The predicted octanol–water partition coefficient (Wildman–Crippen LogP) is 4.42. The minimum Gasteiger partial charge on any atom is -0.455 e. The summed E-state index contributed by atoms with van der Waals surface area (Å²) in [6.07, 6.45) is 1.68. The third-order valence-corrected chi connectivity index (χ3v) is 6.55. The summed E-state index contributed by atoms with van der Waals surface area (Å²) in [7, 11) is 1.73. The van der Waals surface area contributed by atoms with E-state index in [-0.39, 0.29) is 18.7 Å². The lowest BCUT2D eigenvalue weighted by Gasteiger charge is -2.23. The van der Waals surface area contributed by atoms with Gasteiger partial charge in [-0.2, -0.15) is 5.10 Å². The molecule has 2 aromatic heterocycles. The van der Waals surface area contributed by atoms with E-state index in [1.54, 1.807) is 61.1 Å². The minimum absolute atomic E-state index is 0.0244. The first-order valence-electron chi connectivity index (χ1n) is 11.5. The number of carbonyl (C=O) groups is 3. The van der Waals surface area contributed by atoms with Crippen LogP contribution < -0.4 is 5.32 Å². The number of aromatic nitrogens is 2. The Labute approximate surface area is 216 Å². The quantitative estimate of drug-likeness (QED) is 0.364. The Kier molecular flexibility index (Phi) is 6.39. The molecule has 1 aliphatic rings. The zero-order chi connectivity index (χ0) is 26.3. The topological polar surface area (TPSA) is 97.4 Å². The summed E-state index contributed by atoms with van der Waals surface area (Å²) in [6, 6.07) is 13.3. The van der Waals surface area contributed by atoms with Crippen LogP contribution >= 0.6 is 11.6 Å². The molecule has 37 heavy (non-hydrogen) atoms. The lowest BCUT2D eigenvalue weighted by molar-refractivity contribution is 0.0627. The molecule has 0 saturated carbocycles. The standard InChI is InChI=1S/C27H22ClFN4O4/c1-15-21(24-22(28)13-30-32(24)2)12-23(37-15)25(34)31-18(11-16-6-5-7-17(29)10-16)14-33-26(35)19-8-3-4-9-20(19)27(33)36/h3-10,12-13,18H,11,14H2,1-2H3,(H,31,34)/t18-/m0/s1. The maximum Gasteiger partial charge on any atom is 0.287 e. The summed E-state index contributed by atoms with van der Waals surface area (Å²) < 4.78 is 21.2. The van der Waals surface area contributed by atoms with Crippen molar-refractivity contribution in [3.63, 3.8) is 0 Å². The van der Waals surface area contributed by atoms with E-state index in [9.17, 15) is 18.8 Å². The fraction of sp³-hybridized carbons (Fsp3) is 0.185. The Morgan fingerprint density at radius 1 is 1.08 bits per heavy atom. The third kappa shape index (κ3) is 4.65. The van der Waals surface area contributed by atoms with Crippen LogP contribution in [0.25, 0.3) is 11.3 Å². The average molecular weight is 521 g/mol. The summed E-state index contributed by atoms with van der Waals surface area (Å²) in [5, 5.41) is 7.39. The van der Waals surface area contributed by atoms with E-state index in [1.807, 2.05) is 0 Å². The second-order valence-electron chi connectivity index (χ2n) is 8.82. The van der Waals surface area contributed by atoms with Crippen molar-refractivity contribution in [3.8, 4) is 11.3 Å². The predicted molar refractivity (Wildman–Crippen MR) is 134 cm³/mol. The second-order valence-corrected chi connectivity index (χ2v) is 9.22. The summed E-state index contributed by atoms with van der Waals surface area (Å²) in [5.41, 5.74) is 2.42. The molecule has 0 saturated heterocycles. The fourth-order valence-corrected chi connectivity index (χ4v) is 4.80. The molecule has 188 valence electrons. The Morgan fingerprint density at radius 3 is 2.41 bits per heavy atom. The van der Waals surface area contributed by atoms with Crippen LogP contribution in [0.2, 0.25) is 5.02 Å². The van der Waals surface area contributed by atoms with Gasteiger partial charge in [0.25, 0.3) is 17.7 Å². The largest absolute Gasteiger partial charge is 0.455 e. The molecular weight excluding hydrogens is 499 g/mol. The summed E-state index contributed by atoms with van der Waals surface area (Å²) >= 11 is 6.26. The molecule has 4 aromatic rings. The smallest absolute Gasteiger partial charge is 0.287 e. The van der Waals surface area contributed by atoms with E-state index in [2.05, 4.69) is 10.4 Å². The van der Waals surface area contributed by atoms with Gasteiger partial charge in [0, 0.05) is 19.2 Å². The SMILES string of the molecule is Cc1oc(C(=O)N[C@@H](Cc2cccc(F)c2)CN2C(=O)c3ccccc3C2=O)cc1-c1c(Cl)cnn1C. The van der Waals surface area contributed by atoms with Crippen LogP contribution in [0.3, 0.4) is 0 Å². The normalized spacial score (nSPS) is 13.7.